The second-order valence-electron chi connectivity index (χ2n) is 6.63. The van der Waals surface area contributed by atoms with Crippen molar-refractivity contribution >= 4 is 23.6 Å². The number of aromatic nitrogens is 2. The summed E-state index contributed by atoms with van der Waals surface area (Å²) in [5, 5.41) is 12.3. The van der Waals surface area contributed by atoms with E-state index in [1.807, 2.05) is 18.0 Å². The van der Waals surface area contributed by atoms with Crippen LogP contribution in [0.3, 0.4) is 0 Å². The molecule has 1 fully saturated rings. The number of unbranched alkanes of at least 4 members (excludes halogenated alkanes) is 1. The average molecular weight is 350 g/mol. The van der Waals surface area contributed by atoms with Gasteiger partial charge in [0.05, 0.1) is 6.54 Å². The molecule has 0 spiro atoms. The smallest absolute Gasteiger partial charge is 0.317 e. The molecule has 4 N–H and O–H groups in total. The van der Waals surface area contributed by atoms with Gasteiger partial charge in [-0.2, -0.15) is 9.97 Å². The SMILES string of the molecule is CCCCNc1cc(N2CCCC(N(C)CC(=O)O)CC2)nc(N)n1. The zero-order valence-corrected chi connectivity index (χ0v) is 15.2. The predicted octanol–water partition coefficient (Wildman–Crippen LogP) is 1.65. The van der Waals surface area contributed by atoms with E-state index in [0.717, 1.165) is 63.4 Å². The Balaban J connectivity index is 2.00. The molecule has 1 aliphatic heterocycles. The van der Waals surface area contributed by atoms with E-state index in [1.54, 1.807) is 0 Å². The summed E-state index contributed by atoms with van der Waals surface area (Å²) in [6.07, 6.45) is 5.10. The molecule has 1 atom stereocenters. The van der Waals surface area contributed by atoms with Crippen molar-refractivity contribution in [3.63, 3.8) is 0 Å². The third-order valence-electron chi connectivity index (χ3n) is 4.60. The van der Waals surface area contributed by atoms with Gasteiger partial charge in [-0.25, -0.2) is 0 Å². The van der Waals surface area contributed by atoms with Crippen LogP contribution >= 0.6 is 0 Å². The number of anilines is 3. The Morgan fingerprint density at radius 3 is 2.96 bits per heavy atom. The molecule has 140 valence electrons. The molecule has 0 aliphatic carbocycles. The maximum absolute atomic E-state index is 10.9. The van der Waals surface area contributed by atoms with E-state index in [1.165, 1.54) is 0 Å². The van der Waals surface area contributed by atoms with E-state index in [9.17, 15) is 4.79 Å². The zero-order valence-electron chi connectivity index (χ0n) is 15.2. The van der Waals surface area contributed by atoms with E-state index in [-0.39, 0.29) is 18.5 Å². The van der Waals surface area contributed by atoms with Crippen LogP contribution in [0.5, 0.6) is 0 Å². The van der Waals surface area contributed by atoms with Crippen molar-refractivity contribution in [1.82, 2.24) is 14.9 Å². The van der Waals surface area contributed by atoms with Gasteiger partial charge in [0.15, 0.2) is 0 Å². The monoisotopic (exact) mass is 350 g/mol. The number of carboxylic acids is 1. The Kier molecular flexibility index (Phi) is 7.24. The largest absolute Gasteiger partial charge is 0.480 e. The van der Waals surface area contributed by atoms with Gasteiger partial charge in [-0.05, 0) is 32.7 Å². The van der Waals surface area contributed by atoms with Crippen LogP contribution in [0.15, 0.2) is 6.07 Å². The van der Waals surface area contributed by atoms with Crippen LogP contribution in [0.1, 0.15) is 39.0 Å². The van der Waals surface area contributed by atoms with Crippen LogP contribution in [0.25, 0.3) is 0 Å². The maximum Gasteiger partial charge on any atom is 0.317 e. The van der Waals surface area contributed by atoms with E-state index in [0.29, 0.717) is 0 Å². The minimum atomic E-state index is -0.782. The minimum absolute atomic E-state index is 0.0800. The van der Waals surface area contributed by atoms with Crippen molar-refractivity contribution in [1.29, 1.82) is 0 Å². The highest BCUT2D eigenvalue weighted by Gasteiger charge is 2.22. The normalized spacial score (nSPS) is 18.2. The van der Waals surface area contributed by atoms with Gasteiger partial charge in [-0.15, -0.1) is 0 Å². The topological polar surface area (TPSA) is 108 Å². The number of hydrogen-bond donors (Lipinski definition) is 3. The maximum atomic E-state index is 10.9. The number of hydrogen-bond acceptors (Lipinski definition) is 7. The minimum Gasteiger partial charge on any atom is -0.480 e. The highest BCUT2D eigenvalue weighted by molar-refractivity contribution is 5.69. The fourth-order valence-corrected chi connectivity index (χ4v) is 3.19. The molecule has 1 unspecified atom stereocenters. The molecule has 1 aromatic rings. The zero-order chi connectivity index (χ0) is 18.2. The molecule has 0 bridgehead atoms. The molecule has 1 saturated heterocycles. The van der Waals surface area contributed by atoms with E-state index in [2.05, 4.69) is 27.1 Å². The van der Waals surface area contributed by atoms with Gasteiger partial charge in [-0.1, -0.05) is 13.3 Å². The lowest BCUT2D eigenvalue weighted by molar-refractivity contribution is -0.138. The summed E-state index contributed by atoms with van der Waals surface area (Å²) in [6.45, 7) is 4.82. The third-order valence-corrected chi connectivity index (χ3v) is 4.60. The van der Waals surface area contributed by atoms with Crippen LogP contribution in [0.4, 0.5) is 17.6 Å². The van der Waals surface area contributed by atoms with Gasteiger partial charge in [-0.3, -0.25) is 9.69 Å². The van der Waals surface area contributed by atoms with Crippen LogP contribution < -0.4 is 16.0 Å². The first-order valence-corrected chi connectivity index (χ1v) is 9.05. The number of aliphatic carboxylic acids is 1. The summed E-state index contributed by atoms with van der Waals surface area (Å²) in [6, 6.07) is 2.23. The first kappa shape index (κ1) is 19.2. The Hall–Kier alpha value is -2.09. The molecule has 8 nitrogen and oxygen atoms in total. The molecule has 0 amide bonds. The van der Waals surface area contributed by atoms with Crippen LogP contribution in [-0.2, 0) is 4.79 Å². The van der Waals surface area contributed by atoms with Gasteiger partial charge in [0.2, 0.25) is 5.95 Å². The van der Waals surface area contributed by atoms with E-state index in [4.69, 9.17) is 10.8 Å². The number of nitrogens with zero attached hydrogens (tertiary/aromatic N) is 4. The van der Waals surface area contributed by atoms with Crippen molar-refractivity contribution in [2.75, 3.05) is 49.2 Å². The Morgan fingerprint density at radius 1 is 1.44 bits per heavy atom. The second-order valence-corrected chi connectivity index (χ2v) is 6.63. The summed E-state index contributed by atoms with van der Waals surface area (Å²) < 4.78 is 0. The number of rotatable bonds is 8. The fourth-order valence-electron chi connectivity index (χ4n) is 3.19. The molecule has 8 heteroatoms. The Morgan fingerprint density at radius 2 is 2.24 bits per heavy atom. The van der Waals surface area contributed by atoms with Gasteiger partial charge in [0.1, 0.15) is 11.6 Å². The average Bonchev–Trinajstić information content (AvgIpc) is 2.80. The van der Waals surface area contributed by atoms with Crippen LogP contribution in [-0.4, -0.2) is 65.2 Å². The second kappa shape index (κ2) is 9.41. The molecule has 2 heterocycles. The number of nitrogens with one attached hydrogen (secondary N) is 1. The summed E-state index contributed by atoms with van der Waals surface area (Å²) in [5.74, 6) is 1.10. The first-order valence-electron chi connectivity index (χ1n) is 9.05. The van der Waals surface area contributed by atoms with Gasteiger partial charge in [0.25, 0.3) is 0 Å². The van der Waals surface area contributed by atoms with Crippen LogP contribution in [0, 0.1) is 0 Å². The molecule has 2 rings (SSSR count). The summed E-state index contributed by atoms with van der Waals surface area (Å²) in [5.41, 5.74) is 5.88. The third kappa shape index (κ3) is 6.04. The van der Waals surface area contributed by atoms with Crippen molar-refractivity contribution < 1.29 is 9.90 Å². The number of likely N-dealkylation sites (N-methyl/N-ethyl adjacent to an activating group) is 1. The molecule has 1 aliphatic rings. The van der Waals surface area contributed by atoms with Crippen molar-refractivity contribution in [2.24, 2.45) is 0 Å². The number of carboxylic acid groups (broad SMARTS) is 1. The van der Waals surface area contributed by atoms with Gasteiger partial charge < -0.3 is 21.1 Å². The van der Waals surface area contributed by atoms with Gasteiger partial charge in [0, 0.05) is 31.7 Å². The van der Waals surface area contributed by atoms with E-state index < -0.39 is 5.97 Å². The Labute approximate surface area is 149 Å². The lowest BCUT2D eigenvalue weighted by Crippen LogP contribution is -2.36. The number of nitrogens with two attached hydrogens (primary N) is 1. The van der Waals surface area contributed by atoms with Crippen molar-refractivity contribution in [3.05, 3.63) is 6.07 Å². The fraction of sp³-hybridized carbons (Fsp3) is 0.706. The van der Waals surface area contributed by atoms with Crippen molar-refractivity contribution in [2.45, 2.75) is 45.1 Å². The van der Waals surface area contributed by atoms with Crippen molar-refractivity contribution in [3.8, 4) is 0 Å². The molecule has 0 aromatic carbocycles. The summed E-state index contributed by atoms with van der Waals surface area (Å²) in [4.78, 5) is 23.7. The number of carbonyl (C=O) groups is 1. The molecular formula is C17H30N6O2. The molecule has 0 radical (unpaired) electrons. The standard InChI is InChI=1S/C17H30N6O2/c1-3-4-8-19-14-11-15(21-17(18)20-14)23-9-5-6-13(7-10-23)22(2)12-16(24)25/h11,13H,3-10,12H2,1-2H3,(H,24,25)(H3,18,19,20,21). The quantitative estimate of drug-likeness (QED) is 0.607. The van der Waals surface area contributed by atoms with Crippen LogP contribution in [0.2, 0.25) is 0 Å². The van der Waals surface area contributed by atoms with E-state index >= 15 is 0 Å². The Bertz CT molecular complexity index is 568. The predicted molar refractivity (Wildman–Crippen MR) is 100.0 cm³/mol. The van der Waals surface area contributed by atoms with Gasteiger partial charge >= 0.3 is 5.97 Å². The number of nitrogen functional groups attached to an aromatic ring is 1. The highest BCUT2D eigenvalue weighted by Crippen LogP contribution is 2.22. The lowest BCUT2D eigenvalue weighted by atomic mass is 10.1. The summed E-state index contributed by atoms with van der Waals surface area (Å²) in [7, 11) is 1.88. The summed E-state index contributed by atoms with van der Waals surface area (Å²) >= 11 is 0. The molecule has 1 aromatic heterocycles. The molecule has 0 saturated carbocycles. The first-order chi connectivity index (χ1) is 12.0. The highest BCUT2D eigenvalue weighted by atomic mass is 16.4. The lowest BCUT2D eigenvalue weighted by Gasteiger charge is -2.26. The molecule has 25 heavy (non-hydrogen) atoms. The molecular weight excluding hydrogens is 320 g/mol.